The maximum absolute atomic E-state index is 4.27. The third kappa shape index (κ3) is 1.44. The molecule has 4 heterocycles. The molecule has 2 aromatic heterocycles. The average molecular weight is 245 g/mol. The fraction of sp³-hybridized carbons (Fsp3) is 0.462. The zero-order valence-electron chi connectivity index (χ0n) is 9.65. The standard InChI is InChI=1S/C13H15N3S/c1-3-14-7-10-9-2-5-16-6-4-15-8-11(16)13(9)17-12(1)10/h1,3,7,11,15H,2,4-6,8H2. The molecule has 1 atom stereocenters. The van der Waals surface area contributed by atoms with E-state index < -0.39 is 0 Å². The Balaban J connectivity index is 1.89. The normalized spacial score (nSPS) is 24.6. The van der Waals surface area contributed by atoms with Gasteiger partial charge < -0.3 is 5.32 Å². The summed E-state index contributed by atoms with van der Waals surface area (Å²) in [5.41, 5.74) is 1.56. The maximum atomic E-state index is 4.27. The van der Waals surface area contributed by atoms with E-state index in [0.717, 1.165) is 13.1 Å². The molecular formula is C13H15N3S. The molecule has 1 unspecified atom stereocenters. The number of pyridine rings is 1. The highest BCUT2D eigenvalue weighted by Gasteiger charge is 2.31. The molecule has 17 heavy (non-hydrogen) atoms. The number of aromatic nitrogens is 1. The molecule has 0 aliphatic carbocycles. The quantitative estimate of drug-likeness (QED) is 0.767. The number of fused-ring (bicyclic) bond motifs is 5. The van der Waals surface area contributed by atoms with Gasteiger partial charge in [-0.25, -0.2) is 0 Å². The van der Waals surface area contributed by atoms with E-state index >= 15 is 0 Å². The van der Waals surface area contributed by atoms with Crippen LogP contribution in [0.4, 0.5) is 0 Å². The summed E-state index contributed by atoms with van der Waals surface area (Å²) in [6, 6.07) is 2.75. The second-order valence-corrected chi connectivity index (χ2v) is 5.91. The van der Waals surface area contributed by atoms with Gasteiger partial charge in [-0.3, -0.25) is 9.88 Å². The lowest BCUT2D eigenvalue weighted by Crippen LogP contribution is -2.48. The van der Waals surface area contributed by atoms with Crippen LogP contribution in [0.15, 0.2) is 18.5 Å². The van der Waals surface area contributed by atoms with Crippen molar-refractivity contribution in [2.24, 2.45) is 0 Å². The van der Waals surface area contributed by atoms with Crippen molar-refractivity contribution < 1.29 is 0 Å². The van der Waals surface area contributed by atoms with Crippen LogP contribution in [0.1, 0.15) is 16.5 Å². The number of hydrogen-bond acceptors (Lipinski definition) is 4. The number of hydrogen-bond donors (Lipinski definition) is 1. The van der Waals surface area contributed by atoms with Gasteiger partial charge in [0.2, 0.25) is 0 Å². The van der Waals surface area contributed by atoms with Gasteiger partial charge in [-0.05, 0) is 18.1 Å². The number of piperazine rings is 1. The van der Waals surface area contributed by atoms with E-state index in [2.05, 4.69) is 21.3 Å². The molecule has 1 fully saturated rings. The first-order valence-corrected chi connectivity index (χ1v) is 7.05. The van der Waals surface area contributed by atoms with Gasteiger partial charge in [0.1, 0.15) is 0 Å². The summed E-state index contributed by atoms with van der Waals surface area (Å²) in [7, 11) is 0. The highest BCUT2D eigenvalue weighted by molar-refractivity contribution is 7.19. The molecule has 0 aromatic carbocycles. The Morgan fingerprint density at radius 3 is 3.41 bits per heavy atom. The topological polar surface area (TPSA) is 28.2 Å². The van der Waals surface area contributed by atoms with Gasteiger partial charge in [-0.2, -0.15) is 0 Å². The maximum Gasteiger partial charge on any atom is 0.0570 e. The predicted octanol–water partition coefficient (Wildman–Crippen LogP) is 1.80. The van der Waals surface area contributed by atoms with E-state index in [9.17, 15) is 0 Å². The summed E-state index contributed by atoms with van der Waals surface area (Å²) in [6.07, 6.45) is 5.13. The lowest BCUT2D eigenvalue weighted by Gasteiger charge is -2.39. The van der Waals surface area contributed by atoms with Crippen molar-refractivity contribution in [1.82, 2.24) is 15.2 Å². The molecule has 4 rings (SSSR count). The fourth-order valence-corrected chi connectivity index (χ4v) is 4.42. The first-order valence-electron chi connectivity index (χ1n) is 6.23. The molecule has 0 radical (unpaired) electrons. The fourth-order valence-electron chi connectivity index (χ4n) is 3.07. The van der Waals surface area contributed by atoms with Gasteiger partial charge in [0.15, 0.2) is 0 Å². The van der Waals surface area contributed by atoms with Crippen LogP contribution < -0.4 is 5.32 Å². The minimum atomic E-state index is 0.602. The molecule has 0 amide bonds. The molecule has 0 saturated carbocycles. The molecule has 2 aromatic rings. The molecule has 2 aliphatic rings. The van der Waals surface area contributed by atoms with Gasteiger partial charge >= 0.3 is 0 Å². The van der Waals surface area contributed by atoms with E-state index in [1.807, 2.05) is 23.7 Å². The van der Waals surface area contributed by atoms with Crippen molar-refractivity contribution >= 4 is 21.4 Å². The third-order valence-electron chi connectivity index (χ3n) is 3.93. The summed E-state index contributed by atoms with van der Waals surface area (Å²) in [5.74, 6) is 0. The highest BCUT2D eigenvalue weighted by atomic mass is 32.1. The van der Waals surface area contributed by atoms with Crippen molar-refractivity contribution in [3.05, 3.63) is 28.9 Å². The molecular weight excluding hydrogens is 230 g/mol. The Bertz CT molecular complexity index is 563. The SMILES string of the molecule is c1cc2sc3c(c2cn1)CCN1CCNCC31. The van der Waals surface area contributed by atoms with E-state index in [1.165, 1.54) is 29.6 Å². The monoisotopic (exact) mass is 245 g/mol. The Morgan fingerprint density at radius 2 is 2.41 bits per heavy atom. The summed E-state index contributed by atoms with van der Waals surface area (Å²) in [5, 5.41) is 4.91. The van der Waals surface area contributed by atoms with Crippen LogP contribution in [0, 0.1) is 0 Å². The van der Waals surface area contributed by atoms with Gasteiger partial charge in [-0.1, -0.05) is 0 Å². The second kappa shape index (κ2) is 3.77. The van der Waals surface area contributed by atoms with Crippen LogP contribution in [0.5, 0.6) is 0 Å². The van der Waals surface area contributed by atoms with E-state index in [0.29, 0.717) is 6.04 Å². The summed E-state index contributed by atoms with van der Waals surface area (Å²) in [6.45, 7) is 4.64. The summed E-state index contributed by atoms with van der Waals surface area (Å²) < 4.78 is 1.40. The van der Waals surface area contributed by atoms with Crippen LogP contribution in [-0.2, 0) is 6.42 Å². The second-order valence-electron chi connectivity index (χ2n) is 4.82. The lowest BCUT2D eigenvalue weighted by molar-refractivity contribution is 0.155. The molecule has 3 nitrogen and oxygen atoms in total. The average Bonchev–Trinajstić information content (AvgIpc) is 2.78. The summed E-state index contributed by atoms with van der Waals surface area (Å²) in [4.78, 5) is 8.48. The molecule has 1 saturated heterocycles. The van der Waals surface area contributed by atoms with Crippen LogP contribution in [-0.4, -0.2) is 36.1 Å². The highest BCUT2D eigenvalue weighted by Crippen LogP contribution is 2.40. The van der Waals surface area contributed by atoms with Gasteiger partial charge in [-0.15, -0.1) is 11.3 Å². The van der Waals surface area contributed by atoms with Crippen LogP contribution in [0.25, 0.3) is 10.1 Å². The molecule has 1 N–H and O–H groups in total. The van der Waals surface area contributed by atoms with Crippen LogP contribution in [0.3, 0.4) is 0 Å². The number of nitrogens with zero attached hydrogens (tertiary/aromatic N) is 2. The molecule has 4 heteroatoms. The Hall–Kier alpha value is -0.970. The van der Waals surface area contributed by atoms with E-state index in [-0.39, 0.29) is 0 Å². The summed E-state index contributed by atoms with van der Waals surface area (Å²) >= 11 is 1.96. The Labute approximate surface area is 104 Å². The van der Waals surface area contributed by atoms with E-state index in [1.54, 1.807) is 10.4 Å². The van der Waals surface area contributed by atoms with Gasteiger partial charge in [0, 0.05) is 53.5 Å². The van der Waals surface area contributed by atoms with Gasteiger partial charge in [0.05, 0.1) is 6.04 Å². The molecule has 2 aliphatic heterocycles. The van der Waals surface area contributed by atoms with Crippen molar-refractivity contribution in [3.63, 3.8) is 0 Å². The molecule has 88 valence electrons. The Morgan fingerprint density at radius 1 is 1.41 bits per heavy atom. The van der Waals surface area contributed by atoms with Crippen molar-refractivity contribution in [2.45, 2.75) is 12.5 Å². The van der Waals surface area contributed by atoms with Crippen LogP contribution in [0.2, 0.25) is 0 Å². The largest absolute Gasteiger partial charge is 0.314 e. The predicted molar refractivity (Wildman–Crippen MR) is 70.5 cm³/mol. The zero-order chi connectivity index (χ0) is 11.2. The van der Waals surface area contributed by atoms with Crippen LogP contribution >= 0.6 is 11.3 Å². The van der Waals surface area contributed by atoms with Crippen molar-refractivity contribution in [2.75, 3.05) is 26.2 Å². The van der Waals surface area contributed by atoms with Crippen molar-refractivity contribution in [3.8, 4) is 0 Å². The minimum absolute atomic E-state index is 0.602. The zero-order valence-corrected chi connectivity index (χ0v) is 10.5. The number of rotatable bonds is 0. The minimum Gasteiger partial charge on any atom is -0.314 e. The smallest absolute Gasteiger partial charge is 0.0570 e. The third-order valence-corrected chi connectivity index (χ3v) is 5.24. The first kappa shape index (κ1) is 10.00. The Kier molecular flexibility index (Phi) is 2.21. The molecule has 0 bridgehead atoms. The first-order chi connectivity index (χ1) is 8.43. The number of nitrogens with one attached hydrogen (secondary N) is 1. The molecule has 0 spiro atoms. The van der Waals surface area contributed by atoms with E-state index in [4.69, 9.17) is 0 Å². The van der Waals surface area contributed by atoms with Crippen molar-refractivity contribution in [1.29, 1.82) is 0 Å². The number of thiophene rings is 1. The van der Waals surface area contributed by atoms with Gasteiger partial charge in [0.25, 0.3) is 0 Å². The lowest BCUT2D eigenvalue weighted by atomic mass is 9.97.